The Kier molecular flexibility index (Phi) is 5.99. The van der Waals surface area contributed by atoms with Gasteiger partial charge in [0.15, 0.2) is 11.5 Å². The minimum Gasteiger partial charge on any atom is -0.486 e. The number of nitrogens with one attached hydrogen (secondary N) is 2. The van der Waals surface area contributed by atoms with Crippen LogP contribution < -0.4 is 20.1 Å². The third kappa shape index (κ3) is 4.63. The summed E-state index contributed by atoms with van der Waals surface area (Å²) in [5, 5.41) is 5.10. The zero-order valence-electron chi connectivity index (χ0n) is 16.9. The van der Waals surface area contributed by atoms with Crippen LogP contribution in [0.15, 0.2) is 54.6 Å². The van der Waals surface area contributed by atoms with Gasteiger partial charge in [-0.15, -0.1) is 0 Å². The number of fused-ring (bicyclic) bond motifs is 1. The summed E-state index contributed by atoms with van der Waals surface area (Å²) in [6, 6.07) is 14.4. The molecule has 0 spiro atoms. The minimum atomic E-state index is -0.568. The Morgan fingerprint density at radius 1 is 1.03 bits per heavy atom. The lowest BCUT2D eigenvalue weighted by atomic mass is 9.99. The molecule has 0 aliphatic carbocycles. The van der Waals surface area contributed by atoms with Crippen molar-refractivity contribution in [3.8, 4) is 11.5 Å². The summed E-state index contributed by atoms with van der Waals surface area (Å²) in [5.74, 6) is 0.889. The highest BCUT2D eigenvalue weighted by Gasteiger charge is 2.25. The van der Waals surface area contributed by atoms with Crippen LogP contribution in [0.3, 0.4) is 0 Å². The number of carbonyl (C=O) groups is 2. The number of benzene rings is 2. The molecule has 2 aliphatic rings. The average molecular weight is 407 g/mol. The number of anilines is 1. The van der Waals surface area contributed by atoms with E-state index in [0.717, 1.165) is 13.0 Å². The fraction of sp³-hybridized carbons (Fsp3) is 0.304. The molecule has 1 atom stereocenters. The molecule has 0 radical (unpaired) electrons. The van der Waals surface area contributed by atoms with Crippen molar-refractivity contribution >= 4 is 23.2 Å². The van der Waals surface area contributed by atoms with Crippen LogP contribution in [0.25, 0.3) is 5.57 Å². The van der Waals surface area contributed by atoms with Crippen LogP contribution in [0.4, 0.5) is 10.5 Å². The average Bonchev–Trinajstić information content (AvgIpc) is 2.79. The Balaban J connectivity index is 1.30. The Bertz CT molecular complexity index is 958. The Morgan fingerprint density at radius 2 is 1.80 bits per heavy atom. The van der Waals surface area contributed by atoms with Gasteiger partial charge >= 0.3 is 6.03 Å². The number of urea groups is 1. The van der Waals surface area contributed by atoms with Gasteiger partial charge in [0.2, 0.25) is 5.91 Å². The smallest absolute Gasteiger partial charge is 0.325 e. The van der Waals surface area contributed by atoms with Gasteiger partial charge in [0, 0.05) is 24.8 Å². The molecular weight excluding hydrogens is 382 g/mol. The Hall–Kier alpha value is -3.32. The second-order valence-electron chi connectivity index (χ2n) is 7.32. The summed E-state index contributed by atoms with van der Waals surface area (Å²) in [6.45, 7) is 4.22. The second-order valence-corrected chi connectivity index (χ2v) is 7.32. The van der Waals surface area contributed by atoms with E-state index >= 15 is 0 Å². The van der Waals surface area contributed by atoms with E-state index in [1.807, 2.05) is 25.1 Å². The normalized spacial score (nSPS) is 16.9. The van der Waals surface area contributed by atoms with Crippen LogP contribution in [0.5, 0.6) is 11.5 Å². The lowest BCUT2D eigenvalue weighted by molar-refractivity contribution is -0.124. The van der Waals surface area contributed by atoms with E-state index in [-0.39, 0.29) is 5.91 Å². The number of nitrogens with zero attached hydrogens (tertiary/aromatic N) is 1. The van der Waals surface area contributed by atoms with Gasteiger partial charge in [-0.25, -0.2) is 4.79 Å². The van der Waals surface area contributed by atoms with Gasteiger partial charge in [-0.1, -0.05) is 36.4 Å². The van der Waals surface area contributed by atoms with E-state index in [2.05, 4.69) is 33.7 Å². The molecule has 0 saturated heterocycles. The summed E-state index contributed by atoms with van der Waals surface area (Å²) >= 11 is 0. The Labute approximate surface area is 175 Å². The molecule has 0 bridgehead atoms. The molecule has 2 aromatic rings. The maximum absolute atomic E-state index is 12.5. The van der Waals surface area contributed by atoms with Gasteiger partial charge in [0.05, 0.1) is 6.04 Å². The number of hydrogen-bond acceptors (Lipinski definition) is 5. The van der Waals surface area contributed by atoms with Crippen molar-refractivity contribution in [2.75, 3.05) is 31.6 Å². The van der Waals surface area contributed by atoms with Crippen LogP contribution in [0, 0.1) is 0 Å². The van der Waals surface area contributed by atoms with Gasteiger partial charge in [0.25, 0.3) is 0 Å². The largest absolute Gasteiger partial charge is 0.486 e. The molecule has 7 nitrogen and oxygen atoms in total. The van der Waals surface area contributed by atoms with Gasteiger partial charge in [0.1, 0.15) is 13.2 Å². The van der Waals surface area contributed by atoms with Crippen molar-refractivity contribution in [1.29, 1.82) is 0 Å². The monoisotopic (exact) mass is 407 g/mol. The lowest BCUT2D eigenvalue weighted by Crippen LogP contribution is -2.49. The highest BCUT2D eigenvalue weighted by Crippen LogP contribution is 2.32. The van der Waals surface area contributed by atoms with Crippen LogP contribution in [0.2, 0.25) is 0 Å². The van der Waals surface area contributed by atoms with Crippen molar-refractivity contribution < 1.29 is 19.1 Å². The number of imide groups is 1. The molecule has 2 aliphatic heterocycles. The molecule has 156 valence electrons. The third-order valence-electron chi connectivity index (χ3n) is 5.35. The van der Waals surface area contributed by atoms with Gasteiger partial charge < -0.3 is 14.8 Å². The van der Waals surface area contributed by atoms with Crippen molar-refractivity contribution in [1.82, 2.24) is 10.2 Å². The number of ether oxygens (including phenoxy) is 2. The number of carbonyl (C=O) groups excluding carboxylic acids is 2. The molecule has 30 heavy (non-hydrogen) atoms. The van der Waals surface area contributed by atoms with Crippen molar-refractivity contribution in [3.05, 3.63) is 60.2 Å². The number of amides is 3. The lowest BCUT2D eigenvalue weighted by Gasteiger charge is -2.31. The third-order valence-corrected chi connectivity index (χ3v) is 5.35. The van der Waals surface area contributed by atoms with Crippen LogP contribution in [0.1, 0.15) is 18.9 Å². The minimum absolute atomic E-state index is 0.332. The maximum Gasteiger partial charge on any atom is 0.325 e. The van der Waals surface area contributed by atoms with Crippen molar-refractivity contribution in [2.45, 2.75) is 19.4 Å². The van der Waals surface area contributed by atoms with Gasteiger partial charge in [-0.3, -0.25) is 15.0 Å². The number of hydrogen-bond donors (Lipinski definition) is 2. The molecule has 2 aromatic carbocycles. The van der Waals surface area contributed by atoms with Crippen molar-refractivity contribution in [3.63, 3.8) is 0 Å². The summed E-state index contributed by atoms with van der Waals surface area (Å²) < 4.78 is 11.0. The van der Waals surface area contributed by atoms with Crippen LogP contribution >= 0.6 is 0 Å². The quantitative estimate of drug-likeness (QED) is 0.813. The van der Waals surface area contributed by atoms with E-state index in [9.17, 15) is 9.59 Å². The molecule has 0 aromatic heterocycles. The first-order valence-electron chi connectivity index (χ1n) is 10.1. The second kappa shape index (κ2) is 9.00. The van der Waals surface area contributed by atoms with E-state index in [1.165, 1.54) is 11.1 Å². The van der Waals surface area contributed by atoms with E-state index < -0.39 is 12.1 Å². The molecule has 7 heteroatoms. The topological polar surface area (TPSA) is 79.9 Å². The maximum atomic E-state index is 12.5. The first-order valence-corrected chi connectivity index (χ1v) is 10.1. The molecule has 4 rings (SSSR count). The molecule has 3 amide bonds. The first-order chi connectivity index (χ1) is 14.6. The summed E-state index contributed by atoms with van der Waals surface area (Å²) in [5.41, 5.74) is 3.04. The predicted molar refractivity (Wildman–Crippen MR) is 115 cm³/mol. The molecule has 0 fully saturated rings. The van der Waals surface area contributed by atoms with Crippen LogP contribution in [-0.2, 0) is 4.79 Å². The summed E-state index contributed by atoms with van der Waals surface area (Å²) in [7, 11) is 0. The van der Waals surface area contributed by atoms with Gasteiger partial charge in [-0.2, -0.15) is 0 Å². The molecule has 2 heterocycles. The zero-order valence-corrected chi connectivity index (χ0v) is 16.9. The van der Waals surface area contributed by atoms with E-state index in [1.54, 1.807) is 18.2 Å². The predicted octanol–water partition coefficient (Wildman–Crippen LogP) is 3.28. The molecular formula is C23H25N3O4. The van der Waals surface area contributed by atoms with E-state index in [0.29, 0.717) is 36.9 Å². The fourth-order valence-corrected chi connectivity index (χ4v) is 3.62. The van der Waals surface area contributed by atoms with Crippen LogP contribution in [-0.4, -0.2) is 49.2 Å². The first kappa shape index (κ1) is 20.0. The molecule has 0 saturated carbocycles. The molecule has 0 unspecified atom stereocenters. The standard InChI is InChI=1S/C23H25N3O4/c1-16(26-11-9-18(10-12-26)17-5-3-2-4-6-17)22(27)25-23(28)24-19-7-8-20-21(15-19)30-14-13-29-20/h2-9,15-16H,10-14H2,1H3,(H2,24,25,27,28)/t16-/m1/s1. The molecule has 2 N–H and O–H groups in total. The highest BCUT2D eigenvalue weighted by atomic mass is 16.6. The number of rotatable bonds is 4. The Morgan fingerprint density at radius 3 is 2.53 bits per heavy atom. The highest BCUT2D eigenvalue weighted by molar-refractivity contribution is 6.02. The van der Waals surface area contributed by atoms with E-state index in [4.69, 9.17) is 9.47 Å². The summed E-state index contributed by atoms with van der Waals surface area (Å²) in [6.07, 6.45) is 3.02. The fourth-order valence-electron chi connectivity index (χ4n) is 3.62. The SMILES string of the molecule is C[C@H](C(=O)NC(=O)Nc1ccc2c(c1)OCCO2)N1CC=C(c2ccccc2)CC1. The zero-order chi connectivity index (χ0) is 20.9. The van der Waals surface area contributed by atoms with Gasteiger partial charge in [-0.05, 0) is 36.6 Å². The van der Waals surface area contributed by atoms with Crippen molar-refractivity contribution in [2.24, 2.45) is 0 Å². The summed E-state index contributed by atoms with van der Waals surface area (Å²) in [4.78, 5) is 26.9.